The van der Waals surface area contributed by atoms with Crippen molar-refractivity contribution in [3.8, 4) is 0 Å². The Kier molecular flexibility index (Phi) is 6.04. The second kappa shape index (κ2) is 8.48. The van der Waals surface area contributed by atoms with Gasteiger partial charge in [0, 0.05) is 38.6 Å². The van der Waals surface area contributed by atoms with Gasteiger partial charge in [0.2, 0.25) is 17.8 Å². The molecule has 1 N–H and O–H groups in total. The first-order valence-electron chi connectivity index (χ1n) is 9.56. The quantitative estimate of drug-likeness (QED) is 0.856. The van der Waals surface area contributed by atoms with Crippen LogP contribution in [0, 0.1) is 0 Å². The molecule has 0 spiro atoms. The summed E-state index contributed by atoms with van der Waals surface area (Å²) in [6, 6.07) is 11.2. The summed E-state index contributed by atoms with van der Waals surface area (Å²) < 4.78 is 0. The van der Waals surface area contributed by atoms with Crippen molar-refractivity contribution in [3.63, 3.8) is 0 Å². The fourth-order valence-corrected chi connectivity index (χ4v) is 3.43. The van der Waals surface area contributed by atoms with Crippen molar-refractivity contribution in [1.29, 1.82) is 0 Å². The van der Waals surface area contributed by atoms with Gasteiger partial charge in [-0.15, -0.1) is 0 Å². The highest BCUT2D eigenvalue weighted by molar-refractivity contribution is 5.93. The van der Waals surface area contributed by atoms with Crippen molar-refractivity contribution >= 4 is 17.8 Å². The lowest BCUT2D eigenvalue weighted by molar-refractivity contribution is -0.138. The zero-order chi connectivity index (χ0) is 20.1. The van der Waals surface area contributed by atoms with E-state index in [2.05, 4.69) is 20.2 Å². The van der Waals surface area contributed by atoms with Crippen molar-refractivity contribution in [2.45, 2.75) is 32.2 Å². The van der Waals surface area contributed by atoms with Crippen molar-refractivity contribution in [2.24, 2.45) is 0 Å². The molecule has 28 heavy (non-hydrogen) atoms. The van der Waals surface area contributed by atoms with Gasteiger partial charge in [-0.1, -0.05) is 30.3 Å². The molecular formula is C21H27N5O2. The van der Waals surface area contributed by atoms with Gasteiger partial charge in [-0.2, -0.15) is 0 Å². The van der Waals surface area contributed by atoms with Crippen LogP contribution >= 0.6 is 0 Å². The summed E-state index contributed by atoms with van der Waals surface area (Å²) in [7, 11) is 0. The minimum absolute atomic E-state index is 0.119. The molecule has 1 aliphatic rings. The lowest BCUT2D eigenvalue weighted by Crippen LogP contribution is -2.56. The van der Waals surface area contributed by atoms with E-state index in [-0.39, 0.29) is 17.9 Å². The van der Waals surface area contributed by atoms with Gasteiger partial charge in [0.15, 0.2) is 0 Å². The maximum absolute atomic E-state index is 13.1. The molecule has 7 heteroatoms. The van der Waals surface area contributed by atoms with E-state index in [1.165, 1.54) is 0 Å². The van der Waals surface area contributed by atoms with E-state index in [0.717, 1.165) is 5.56 Å². The number of piperazine rings is 1. The molecule has 2 heterocycles. The first-order valence-corrected chi connectivity index (χ1v) is 9.56. The Bertz CT molecular complexity index is 802. The van der Waals surface area contributed by atoms with Crippen LogP contribution in [0.1, 0.15) is 26.3 Å². The predicted octanol–water partition coefficient (Wildman–Crippen LogP) is 1.93. The first-order chi connectivity index (χ1) is 13.4. The number of nitrogens with zero attached hydrogens (tertiary/aromatic N) is 4. The lowest BCUT2D eigenvalue weighted by atomic mass is 9.83. The first kappa shape index (κ1) is 19.9. The highest BCUT2D eigenvalue weighted by atomic mass is 16.2. The van der Waals surface area contributed by atoms with Crippen LogP contribution in [0.5, 0.6) is 0 Å². The molecule has 148 valence electrons. The number of aromatic nitrogens is 2. The lowest BCUT2D eigenvalue weighted by Gasteiger charge is -2.40. The third kappa shape index (κ3) is 4.36. The number of benzene rings is 1. The van der Waals surface area contributed by atoms with Crippen LogP contribution in [-0.4, -0.2) is 63.8 Å². The van der Waals surface area contributed by atoms with Gasteiger partial charge in [-0.05, 0) is 32.4 Å². The minimum atomic E-state index is -0.572. The summed E-state index contributed by atoms with van der Waals surface area (Å²) in [5.41, 5.74) is 0.440. The molecule has 7 nitrogen and oxygen atoms in total. The Morgan fingerprint density at radius 2 is 1.61 bits per heavy atom. The number of hydrogen-bond acceptors (Lipinski definition) is 5. The molecule has 2 aromatic rings. The molecule has 1 saturated heterocycles. The highest BCUT2D eigenvalue weighted by Gasteiger charge is 2.36. The third-order valence-electron chi connectivity index (χ3n) is 5.36. The van der Waals surface area contributed by atoms with Gasteiger partial charge in [0.25, 0.3) is 0 Å². The number of anilines is 1. The second-order valence-corrected chi connectivity index (χ2v) is 7.56. The molecule has 0 saturated carbocycles. The van der Waals surface area contributed by atoms with Gasteiger partial charge >= 0.3 is 0 Å². The summed E-state index contributed by atoms with van der Waals surface area (Å²) in [5.74, 6) is 0.279. The Balaban J connectivity index is 1.56. The molecule has 1 atom stereocenters. The van der Waals surface area contributed by atoms with Crippen LogP contribution in [0.15, 0.2) is 48.8 Å². The molecule has 1 aromatic heterocycles. The van der Waals surface area contributed by atoms with E-state index in [9.17, 15) is 9.59 Å². The Hall–Kier alpha value is -2.80. The smallest absolute Gasteiger partial charge is 0.243 e. The molecule has 1 aliphatic heterocycles. The standard InChI is InChI=1S/C21H27N5O2/c1-16(18(27)24-20-22-10-7-11-23-20)25-12-14-26(15-13-25)19(28)21(2,3)17-8-5-4-6-9-17/h4-11,16H,12-15H2,1-3H3,(H,22,23,24,27). The van der Waals surface area contributed by atoms with Crippen LogP contribution in [0.2, 0.25) is 0 Å². The van der Waals surface area contributed by atoms with Crippen LogP contribution < -0.4 is 5.32 Å². The van der Waals surface area contributed by atoms with Gasteiger partial charge in [-0.3, -0.25) is 19.8 Å². The van der Waals surface area contributed by atoms with Gasteiger partial charge < -0.3 is 4.90 Å². The molecule has 0 aliphatic carbocycles. The molecule has 2 amide bonds. The van der Waals surface area contributed by atoms with Crippen molar-refractivity contribution in [1.82, 2.24) is 19.8 Å². The Morgan fingerprint density at radius 1 is 1.00 bits per heavy atom. The monoisotopic (exact) mass is 381 g/mol. The third-order valence-corrected chi connectivity index (χ3v) is 5.36. The fraction of sp³-hybridized carbons (Fsp3) is 0.429. The number of carbonyl (C=O) groups is 2. The summed E-state index contributed by atoms with van der Waals surface area (Å²) in [4.78, 5) is 37.6. The average molecular weight is 381 g/mol. The van der Waals surface area contributed by atoms with Gasteiger partial charge in [0.05, 0.1) is 11.5 Å². The van der Waals surface area contributed by atoms with E-state index in [1.807, 2.05) is 56.0 Å². The summed E-state index contributed by atoms with van der Waals surface area (Å²) >= 11 is 0. The normalized spacial score (nSPS) is 16.5. The zero-order valence-corrected chi connectivity index (χ0v) is 16.6. The maximum atomic E-state index is 13.1. The topological polar surface area (TPSA) is 78.4 Å². The molecule has 0 bridgehead atoms. The van der Waals surface area contributed by atoms with Crippen molar-refractivity contribution in [3.05, 3.63) is 54.4 Å². The Labute approximate surface area is 165 Å². The summed E-state index contributed by atoms with van der Waals surface area (Å²) in [5, 5.41) is 2.74. The number of hydrogen-bond donors (Lipinski definition) is 1. The number of rotatable bonds is 5. The van der Waals surface area contributed by atoms with Gasteiger partial charge in [-0.25, -0.2) is 9.97 Å². The van der Waals surface area contributed by atoms with Crippen LogP contribution in [0.25, 0.3) is 0 Å². The van der Waals surface area contributed by atoms with Crippen LogP contribution in [0.4, 0.5) is 5.95 Å². The average Bonchev–Trinajstić information content (AvgIpc) is 2.74. The van der Waals surface area contributed by atoms with E-state index >= 15 is 0 Å². The number of nitrogens with one attached hydrogen (secondary N) is 1. The predicted molar refractivity (Wildman–Crippen MR) is 108 cm³/mol. The maximum Gasteiger partial charge on any atom is 0.243 e. The summed E-state index contributed by atoms with van der Waals surface area (Å²) in [6.45, 7) is 8.31. The molecule has 3 rings (SSSR count). The SMILES string of the molecule is CC(C(=O)Nc1ncccn1)N1CCN(C(=O)C(C)(C)c2ccccc2)CC1. The number of amides is 2. The molecule has 1 aromatic carbocycles. The van der Waals surface area contributed by atoms with E-state index in [1.54, 1.807) is 18.5 Å². The second-order valence-electron chi connectivity index (χ2n) is 7.56. The van der Waals surface area contributed by atoms with Crippen molar-refractivity contribution in [2.75, 3.05) is 31.5 Å². The molecular weight excluding hydrogens is 354 g/mol. The van der Waals surface area contributed by atoms with Crippen LogP contribution in [0.3, 0.4) is 0 Å². The zero-order valence-electron chi connectivity index (χ0n) is 16.6. The highest BCUT2D eigenvalue weighted by Crippen LogP contribution is 2.26. The minimum Gasteiger partial charge on any atom is -0.339 e. The van der Waals surface area contributed by atoms with Gasteiger partial charge in [0.1, 0.15) is 0 Å². The van der Waals surface area contributed by atoms with E-state index < -0.39 is 5.41 Å². The fourth-order valence-electron chi connectivity index (χ4n) is 3.43. The number of carbonyl (C=O) groups excluding carboxylic acids is 2. The van der Waals surface area contributed by atoms with Crippen molar-refractivity contribution < 1.29 is 9.59 Å². The molecule has 1 fully saturated rings. The van der Waals surface area contributed by atoms with E-state index in [4.69, 9.17) is 0 Å². The summed E-state index contributed by atoms with van der Waals surface area (Å²) in [6.07, 6.45) is 3.18. The molecule has 0 radical (unpaired) electrons. The van der Waals surface area contributed by atoms with Crippen LogP contribution in [-0.2, 0) is 15.0 Å². The largest absolute Gasteiger partial charge is 0.339 e. The Morgan fingerprint density at radius 3 is 2.21 bits per heavy atom. The molecule has 1 unspecified atom stereocenters. The van der Waals surface area contributed by atoms with E-state index in [0.29, 0.717) is 32.1 Å².